The van der Waals surface area contributed by atoms with Gasteiger partial charge < -0.3 is 18.7 Å². The molecular formula is C28H41N2O6P. The van der Waals surface area contributed by atoms with Gasteiger partial charge in [0, 0.05) is 24.8 Å². The Morgan fingerprint density at radius 2 is 1.54 bits per heavy atom. The topological polar surface area (TPSA) is 85.4 Å². The molecule has 0 N–H and O–H groups in total. The first-order valence-corrected chi connectivity index (χ1v) is 14.7. The van der Waals surface area contributed by atoms with Gasteiger partial charge in [-0.1, -0.05) is 26.0 Å². The highest BCUT2D eigenvalue weighted by Crippen LogP contribution is 2.48. The predicted molar refractivity (Wildman–Crippen MR) is 148 cm³/mol. The minimum absolute atomic E-state index is 0.192. The van der Waals surface area contributed by atoms with Crippen molar-refractivity contribution in [1.29, 1.82) is 0 Å². The zero-order chi connectivity index (χ0) is 27.6. The standard InChI is InChI=1S/C26H35N2O6P.C2H6/c1-6-33-35(31,34-7-2)16-10-15-27(24-14-13-21(32-5)17-19(24)3)20(4)18-28-25(29)22-11-8-9-12-23(22)26(28)30;1-2/h8-9,11-14,17,20H,6-7,10,15-16,18H2,1-5H3;1-2H3. The molecule has 0 aromatic heterocycles. The predicted octanol–water partition coefficient (Wildman–Crippen LogP) is 6.18. The number of fused-ring (bicyclic) bond motifs is 1. The van der Waals surface area contributed by atoms with E-state index in [0.717, 1.165) is 17.0 Å². The van der Waals surface area contributed by atoms with Crippen molar-refractivity contribution in [3.63, 3.8) is 0 Å². The average molecular weight is 533 g/mol. The maximum Gasteiger partial charge on any atom is 0.330 e. The normalized spacial score (nSPS) is 13.6. The van der Waals surface area contributed by atoms with Crippen molar-refractivity contribution in [2.24, 2.45) is 0 Å². The summed E-state index contributed by atoms with van der Waals surface area (Å²) < 4.78 is 29.2. The summed E-state index contributed by atoms with van der Waals surface area (Å²) in [5, 5.41) is 0. The third-order valence-corrected chi connectivity index (χ3v) is 8.22. The molecule has 8 nitrogen and oxygen atoms in total. The zero-order valence-electron chi connectivity index (χ0n) is 23.2. The Morgan fingerprint density at radius 3 is 2.03 bits per heavy atom. The van der Waals surface area contributed by atoms with Crippen LogP contribution >= 0.6 is 7.60 Å². The van der Waals surface area contributed by atoms with Crippen molar-refractivity contribution in [3.8, 4) is 5.75 Å². The lowest BCUT2D eigenvalue weighted by molar-refractivity contribution is 0.0646. The van der Waals surface area contributed by atoms with Crippen molar-refractivity contribution < 1.29 is 27.9 Å². The maximum atomic E-state index is 13.0. The first-order chi connectivity index (χ1) is 17.7. The summed E-state index contributed by atoms with van der Waals surface area (Å²) in [7, 11) is -1.55. The molecule has 0 fully saturated rings. The van der Waals surface area contributed by atoms with E-state index in [4.69, 9.17) is 13.8 Å². The Bertz CT molecular complexity index is 1060. The van der Waals surface area contributed by atoms with Crippen molar-refractivity contribution in [2.75, 3.05) is 44.5 Å². The highest BCUT2D eigenvalue weighted by atomic mass is 31.2. The molecule has 0 saturated heterocycles. The van der Waals surface area contributed by atoms with Crippen LogP contribution in [0.1, 0.15) is 67.3 Å². The lowest BCUT2D eigenvalue weighted by atomic mass is 10.1. The van der Waals surface area contributed by atoms with E-state index in [1.807, 2.05) is 45.9 Å². The summed E-state index contributed by atoms with van der Waals surface area (Å²) >= 11 is 0. The second kappa shape index (κ2) is 14.3. The van der Waals surface area contributed by atoms with E-state index in [1.54, 1.807) is 45.2 Å². The lowest BCUT2D eigenvalue weighted by Crippen LogP contribution is -2.45. The molecule has 1 heterocycles. The lowest BCUT2D eigenvalue weighted by Gasteiger charge is -2.35. The van der Waals surface area contributed by atoms with E-state index in [0.29, 0.717) is 37.3 Å². The van der Waals surface area contributed by atoms with Crippen LogP contribution in [0.4, 0.5) is 5.69 Å². The van der Waals surface area contributed by atoms with Gasteiger partial charge in [-0.15, -0.1) is 0 Å². The number of carbonyl (C=O) groups is 2. The van der Waals surface area contributed by atoms with E-state index in [-0.39, 0.29) is 30.6 Å². The molecule has 2 amide bonds. The van der Waals surface area contributed by atoms with Crippen molar-refractivity contribution >= 4 is 25.1 Å². The number of benzene rings is 2. The number of amides is 2. The number of anilines is 1. The number of ether oxygens (including phenoxy) is 1. The SMILES string of the molecule is CC.CCOP(=O)(CCCN(c1ccc(OC)cc1C)C(C)CN1C(=O)c2ccccc2C1=O)OCC. The summed E-state index contributed by atoms with van der Waals surface area (Å²) in [6.07, 6.45) is 0.829. The molecular weight excluding hydrogens is 491 g/mol. The second-order valence-electron chi connectivity index (χ2n) is 8.48. The molecule has 2 aromatic rings. The molecule has 1 aliphatic heterocycles. The van der Waals surface area contributed by atoms with Gasteiger partial charge in [0.25, 0.3) is 11.8 Å². The van der Waals surface area contributed by atoms with Gasteiger partial charge in [0.15, 0.2) is 0 Å². The summed E-state index contributed by atoms with van der Waals surface area (Å²) in [6.45, 7) is 13.0. The Labute approximate surface area is 221 Å². The summed E-state index contributed by atoms with van der Waals surface area (Å²) in [4.78, 5) is 29.3. The Hall–Kier alpha value is -2.67. The van der Waals surface area contributed by atoms with Crippen LogP contribution in [0.25, 0.3) is 0 Å². The van der Waals surface area contributed by atoms with Crippen LogP contribution in [0.2, 0.25) is 0 Å². The summed E-state index contributed by atoms with van der Waals surface area (Å²) in [6, 6.07) is 12.5. The van der Waals surface area contributed by atoms with E-state index in [2.05, 4.69) is 4.90 Å². The Morgan fingerprint density at radius 1 is 0.973 bits per heavy atom. The van der Waals surface area contributed by atoms with Gasteiger partial charge in [-0.2, -0.15) is 0 Å². The number of hydrogen-bond donors (Lipinski definition) is 0. The van der Waals surface area contributed by atoms with Crippen LogP contribution in [0.15, 0.2) is 42.5 Å². The molecule has 1 atom stereocenters. The number of hydrogen-bond acceptors (Lipinski definition) is 7. The molecule has 0 aliphatic carbocycles. The molecule has 9 heteroatoms. The Kier molecular flexibility index (Phi) is 11.8. The van der Waals surface area contributed by atoms with Crippen molar-refractivity contribution in [2.45, 2.75) is 54.0 Å². The fourth-order valence-corrected chi connectivity index (χ4v) is 6.07. The maximum absolute atomic E-state index is 13.0. The summed E-state index contributed by atoms with van der Waals surface area (Å²) in [5.74, 6) is 0.193. The fraction of sp³-hybridized carbons (Fsp3) is 0.500. The number of rotatable bonds is 13. The second-order valence-corrected chi connectivity index (χ2v) is 10.7. The van der Waals surface area contributed by atoms with Crippen LogP contribution in [-0.2, 0) is 13.6 Å². The van der Waals surface area contributed by atoms with Gasteiger partial charge in [-0.05, 0) is 70.0 Å². The highest BCUT2D eigenvalue weighted by Gasteiger charge is 2.37. The number of carbonyl (C=O) groups excluding carboxylic acids is 2. The molecule has 0 spiro atoms. The average Bonchev–Trinajstić information content (AvgIpc) is 3.13. The first-order valence-electron chi connectivity index (χ1n) is 13.0. The largest absolute Gasteiger partial charge is 0.497 e. The number of imide groups is 1. The van der Waals surface area contributed by atoms with Gasteiger partial charge in [0.2, 0.25) is 0 Å². The zero-order valence-corrected chi connectivity index (χ0v) is 24.0. The Balaban J connectivity index is 0.00000235. The van der Waals surface area contributed by atoms with E-state index in [1.165, 1.54) is 4.90 Å². The van der Waals surface area contributed by atoms with Crippen molar-refractivity contribution in [1.82, 2.24) is 4.90 Å². The van der Waals surface area contributed by atoms with E-state index >= 15 is 0 Å². The molecule has 1 aliphatic rings. The third-order valence-electron chi connectivity index (χ3n) is 6.05. The minimum atomic E-state index is -3.18. The van der Waals surface area contributed by atoms with E-state index < -0.39 is 7.60 Å². The van der Waals surface area contributed by atoms with Crippen LogP contribution in [0.3, 0.4) is 0 Å². The number of nitrogens with zero attached hydrogens (tertiary/aromatic N) is 2. The van der Waals surface area contributed by atoms with Crippen molar-refractivity contribution in [3.05, 3.63) is 59.2 Å². The van der Waals surface area contributed by atoms with Gasteiger partial charge in [0.05, 0.1) is 37.6 Å². The van der Waals surface area contributed by atoms with Crippen LogP contribution < -0.4 is 9.64 Å². The molecule has 37 heavy (non-hydrogen) atoms. The first kappa shape index (κ1) is 30.6. The number of aryl methyl sites for hydroxylation is 1. The minimum Gasteiger partial charge on any atom is -0.497 e. The molecule has 1 unspecified atom stereocenters. The fourth-order valence-electron chi connectivity index (χ4n) is 4.42. The molecule has 2 aromatic carbocycles. The molecule has 0 radical (unpaired) electrons. The van der Waals surface area contributed by atoms with Crippen LogP contribution in [0.5, 0.6) is 5.75 Å². The highest BCUT2D eigenvalue weighted by molar-refractivity contribution is 7.53. The van der Waals surface area contributed by atoms with Crippen LogP contribution in [-0.4, -0.2) is 62.3 Å². The molecule has 0 bridgehead atoms. The third kappa shape index (κ3) is 7.44. The number of methoxy groups -OCH3 is 1. The molecule has 204 valence electrons. The quantitative estimate of drug-likeness (QED) is 0.225. The van der Waals surface area contributed by atoms with Gasteiger partial charge in [0.1, 0.15) is 5.75 Å². The monoisotopic (exact) mass is 532 g/mol. The van der Waals surface area contributed by atoms with Crippen LogP contribution in [0, 0.1) is 6.92 Å². The van der Waals surface area contributed by atoms with Gasteiger partial charge in [-0.25, -0.2) is 0 Å². The smallest absolute Gasteiger partial charge is 0.330 e. The van der Waals surface area contributed by atoms with E-state index in [9.17, 15) is 14.2 Å². The van der Waals surface area contributed by atoms with Gasteiger partial charge >= 0.3 is 7.60 Å². The molecule has 0 saturated carbocycles. The summed E-state index contributed by atoms with van der Waals surface area (Å²) in [5.41, 5.74) is 2.83. The molecule has 3 rings (SSSR count). The van der Waals surface area contributed by atoms with Gasteiger partial charge in [-0.3, -0.25) is 19.1 Å².